The molecule has 0 saturated carbocycles. The van der Waals surface area contributed by atoms with Gasteiger partial charge in [-0.15, -0.1) is 0 Å². The summed E-state index contributed by atoms with van der Waals surface area (Å²) in [5, 5.41) is 10.0. The number of imidazole rings is 1. The minimum atomic E-state index is 0.265. The molecule has 0 aliphatic carbocycles. The summed E-state index contributed by atoms with van der Waals surface area (Å²) >= 11 is 0. The Labute approximate surface area is 112 Å². The molecule has 2 aromatic carbocycles. The SMILES string of the molecule is Cc1ccc(O)c(-c2nc3cc(C)ccc3n2C)c1. The van der Waals surface area contributed by atoms with Crippen LogP contribution in [0.25, 0.3) is 22.4 Å². The molecule has 0 radical (unpaired) electrons. The van der Waals surface area contributed by atoms with Crippen LogP contribution in [0, 0.1) is 13.8 Å². The van der Waals surface area contributed by atoms with Crippen LogP contribution in [0.4, 0.5) is 0 Å². The Morgan fingerprint density at radius 1 is 1.00 bits per heavy atom. The van der Waals surface area contributed by atoms with Gasteiger partial charge in [-0.3, -0.25) is 0 Å². The fourth-order valence-corrected chi connectivity index (χ4v) is 2.38. The van der Waals surface area contributed by atoms with E-state index in [0.717, 1.165) is 28.0 Å². The maximum atomic E-state index is 10.0. The van der Waals surface area contributed by atoms with Crippen LogP contribution < -0.4 is 0 Å². The lowest BCUT2D eigenvalue weighted by Crippen LogP contribution is -1.93. The molecule has 0 saturated heterocycles. The Bertz CT molecular complexity index is 772. The number of aryl methyl sites for hydroxylation is 3. The van der Waals surface area contributed by atoms with E-state index in [1.807, 2.05) is 30.7 Å². The second-order valence-electron chi connectivity index (χ2n) is 5.01. The maximum Gasteiger partial charge on any atom is 0.144 e. The molecule has 0 amide bonds. The molecule has 1 aromatic heterocycles. The molecule has 0 unspecified atom stereocenters. The maximum absolute atomic E-state index is 10.0. The summed E-state index contributed by atoms with van der Waals surface area (Å²) in [6, 6.07) is 11.8. The topological polar surface area (TPSA) is 38.1 Å². The minimum Gasteiger partial charge on any atom is -0.507 e. The number of fused-ring (bicyclic) bond motifs is 1. The van der Waals surface area contributed by atoms with Gasteiger partial charge < -0.3 is 9.67 Å². The summed E-state index contributed by atoms with van der Waals surface area (Å²) in [7, 11) is 1.97. The number of benzene rings is 2. The van der Waals surface area contributed by atoms with Gasteiger partial charge in [-0.05, 0) is 43.7 Å². The lowest BCUT2D eigenvalue weighted by molar-refractivity contribution is 0.476. The highest BCUT2D eigenvalue weighted by atomic mass is 16.3. The van der Waals surface area contributed by atoms with Crippen molar-refractivity contribution in [1.29, 1.82) is 0 Å². The first-order valence-electron chi connectivity index (χ1n) is 6.29. The van der Waals surface area contributed by atoms with E-state index in [9.17, 15) is 5.11 Å². The zero-order valence-electron chi connectivity index (χ0n) is 11.3. The zero-order valence-corrected chi connectivity index (χ0v) is 11.3. The van der Waals surface area contributed by atoms with E-state index in [1.54, 1.807) is 6.07 Å². The Balaban J connectivity index is 2.30. The third kappa shape index (κ3) is 1.87. The summed E-state index contributed by atoms with van der Waals surface area (Å²) in [4.78, 5) is 4.65. The van der Waals surface area contributed by atoms with Gasteiger partial charge in [-0.2, -0.15) is 0 Å². The molecule has 0 bridgehead atoms. The highest BCUT2D eigenvalue weighted by molar-refractivity contribution is 5.82. The summed E-state index contributed by atoms with van der Waals surface area (Å²) in [6.07, 6.45) is 0. The Morgan fingerprint density at radius 3 is 2.47 bits per heavy atom. The third-order valence-corrected chi connectivity index (χ3v) is 3.43. The lowest BCUT2D eigenvalue weighted by Gasteiger charge is -2.06. The molecule has 19 heavy (non-hydrogen) atoms. The van der Waals surface area contributed by atoms with E-state index < -0.39 is 0 Å². The highest BCUT2D eigenvalue weighted by Crippen LogP contribution is 2.31. The molecule has 0 spiro atoms. The largest absolute Gasteiger partial charge is 0.507 e. The predicted molar refractivity (Wildman–Crippen MR) is 77.3 cm³/mol. The number of hydrogen-bond donors (Lipinski definition) is 1. The Morgan fingerprint density at radius 2 is 1.68 bits per heavy atom. The van der Waals surface area contributed by atoms with Gasteiger partial charge in [-0.1, -0.05) is 17.7 Å². The first-order chi connectivity index (χ1) is 9.06. The standard InChI is InChI=1S/C16H16N2O/c1-10-5-7-15(19)12(8-10)16-17-13-9-11(2)4-6-14(13)18(16)3/h4-9,19H,1-3H3. The van der Waals surface area contributed by atoms with Crippen LogP contribution in [0.2, 0.25) is 0 Å². The number of aromatic hydroxyl groups is 1. The summed E-state index contributed by atoms with van der Waals surface area (Å²) < 4.78 is 2.02. The van der Waals surface area contributed by atoms with Crippen LogP contribution in [0.1, 0.15) is 11.1 Å². The van der Waals surface area contributed by atoms with Gasteiger partial charge in [0.25, 0.3) is 0 Å². The first kappa shape index (κ1) is 11.8. The van der Waals surface area contributed by atoms with Crippen LogP contribution in [-0.2, 0) is 7.05 Å². The summed E-state index contributed by atoms with van der Waals surface area (Å²) in [6.45, 7) is 4.06. The molecule has 1 N–H and O–H groups in total. The zero-order chi connectivity index (χ0) is 13.6. The van der Waals surface area contributed by atoms with E-state index in [1.165, 1.54) is 5.56 Å². The van der Waals surface area contributed by atoms with E-state index in [0.29, 0.717) is 0 Å². The number of aromatic nitrogens is 2. The van der Waals surface area contributed by atoms with E-state index >= 15 is 0 Å². The highest BCUT2D eigenvalue weighted by Gasteiger charge is 2.13. The lowest BCUT2D eigenvalue weighted by atomic mass is 10.1. The quantitative estimate of drug-likeness (QED) is 0.719. The number of phenolic OH excluding ortho intramolecular Hbond substituents is 1. The third-order valence-electron chi connectivity index (χ3n) is 3.43. The van der Waals surface area contributed by atoms with Gasteiger partial charge in [0.15, 0.2) is 0 Å². The Hall–Kier alpha value is -2.29. The number of nitrogens with zero attached hydrogens (tertiary/aromatic N) is 2. The molecule has 3 nitrogen and oxygen atoms in total. The molecule has 96 valence electrons. The number of hydrogen-bond acceptors (Lipinski definition) is 2. The minimum absolute atomic E-state index is 0.265. The number of rotatable bonds is 1. The molecule has 0 aliphatic heterocycles. The molecule has 3 rings (SSSR count). The van der Waals surface area contributed by atoms with Gasteiger partial charge in [0, 0.05) is 7.05 Å². The second-order valence-corrected chi connectivity index (χ2v) is 5.01. The van der Waals surface area contributed by atoms with Crippen molar-refractivity contribution in [3.05, 3.63) is 47.5 Å². The normalized spacial score (nSPS) is 11.1. The van der Waals surface area contributed by atoms with Crippen molar-refractivity contribution < 1.29 is 5.11 Å². The van der Waals surface area contributed by atoms with Gasteiger partial charge in [0.05, 0.1) is 16.6 Å². The Kier molecular flexibility index (Phi) is 2.56. The van der Waals surface area contributed by atoms with Gasteiger partial charge in [0.2, 0.25) is 0 Å². The smallest absolute Gasteiger partial charge is 0.144 e. The summed E-state index contributed by atoms with van der Waals surface area (Å²) in [5.41, 5.74) is 5.10. The fourth-order valence-electron chi connectivity index (χ4n) is 2.38. The molecule has 0 atom stereocenters. The first-order valence-corrected chi connectivity index (χ1v) is 6.29. The summed E-state index contributed by atoms with van der Waals surface area (Å²) in [5.74, 6) is 1.06. The van der Waals surface area contributed by atoms with Crippen molar-refractivity contribution in [3.63, 3.8) is 0 Å². The van der Waals surface area contributed by atoms with Crippen molar-refractivity contribution in [2.45, 2.75) is 13.8 Å². The van der Waals surface area contributed by atoms with Crippen LogP contribution in [0.3, 0.4) is 0 Å². The monoisotopic (exact) mass is 252 g/mol. The van der Waals surface area contributed by atoms with Gasteiger partial charge in [0.1, 0.15) is 11.6 Å². The van der Waals surface area contributed by atoms with Crippen LogP contribution in [0.15, 0.2) is 36.4 Å². The fraction of sp³-hybridized carbons (Fsp3) is 0.188. The van der Waals surface area contributed by atoms with Crippen molar-refractivity contribution in [2.24, 2.45) is 7.05 Å². The van der Waals surface area contributed by atoms with Crippen LogP contribution in [-0.4, -0.2) is 14.7 Å². The molecule has 0 fully saturated rings. The van der Waals surface area contributed by atoms with Gasteiger partial charge in [-0.25, -0.2) is 4.98 Å². The van der Waals surface area contributed by atoms with Crippen molar-refractivity contribution in [1.82, 2.24) is 9.55 Å². The second kappa shape index (κ2) is 4.12. The van der Waals surface area contributed by atoms with Crippen molar-refractivity contribution in [2.75, 3.05) is 0 Å². The van der Waals surface area contributed by atoms with E-state index in [-0.39, 0.29) is 5.75 Å². The predicted octanol–water partition coefficient (Wildman–Crippen LogP) is 3.56. The van der Waals surface area contributed by atoms with Crippen molar-refractivity contribution >= 4 is 11.0 Å². The van der Waals surface area contributed by atoms with Gasteiger partial charge >= 0.3 is 0 Å². The molecule has 1 heterocycles. The van der Waals surface area contributed by atoms with E-state index in [2.05, 4.69) is 30.1 Å². The average molecular weight is 252 g/mol. The average Bonchev–Trinajstić information content (AvgIpc) is 2.69. The molecule has 0 aliphatic rings. The number of phenols is 1. The molecule has 3 aromatic rings. The molecular formula is C16H16N2O. The van der Waals surface area contributed by atoms with Crippen LogP contribution in [0.5, 0.6) is 5.75 Å². The molecular weight excluding hydrogens is 236 g/mol. The van der Waals surface area contributed by atoms with Crippen LogP contribution >= 0.6 is 0 Å². The van der Waals surface area contributed by atoms with E-state index in [4.69, 9.17) is 0 Å². The van der Waals surface area contributed by atoms with Crippen molar-refractivity contribution in [3.8, 4) is 17.1 Å². The molecule has 3 heteroatoms.